The third-order valence-corrected chi connectivity index (χ3v) is 2.13. The van der Waals surface area contributed by atoms with Crippen LogP contribution in [0.2, 0.25) is 0 Å². The maximum Gasteiger partial charge on any atom is 0.328 e. The second-order valence-electron chi connectivity index (χ2n) is 3.27. The normalized spacial score (nSPS) is 10.8. The number of hydrogen-bond acceptors (Lipinski definition) is 2. The lowest BCUT2D eigenvalue weighted by molar-refractivity contribution is -0.131. The average Bonchev–Trinajstić information content (AvgIpc) is 2.80. The van der Waals surface area contributed by atoms with E-state index in [0.717, 1.165) is 23.0 Å². The summed E-state index contributed by atoms with van der Waals surface area (Å²) in [4.78, 5) is 10.3. The van der Waals surface area contributed by atoms with Gasteiger partial charge in [0.15, 0.2) is 0 Å². The van der Waals surface area contributed by atoms with Gasteiger partial charge in [-0.2, -0.15) is 0 Å². The number of hydrogen-bond donors (Lipinski definition) is 1. The van der Waals surface area contributed by atoms with Gasteiger partial charge in [-0.1, -0.05) is 24.3 Å². The van der Waals surface area contributed by atoms with Crippen LogP contribution in [0.1, 0.15) is 5.56 Å². The van der Waals surface area contributed by atoms with E-state index in [9.17, 15) is 4.79 Å². The van der Waals surface area contributed by atoms with Crippen molar-refractivity contribution >= 4 is 12.0 Å². The van der Waals surface area contributed by atoms with E-state index >= 15 is 0 Å². The molecule has 0 atom stereocenters. The van der Waals surface area contributed by atoms with Gasteiger partial charge in [0.25, 0.3) is 0 Å². The molecule has 0 saturated carbocycles. The first-order valence-corrected chi connectivity index (χ1v) is 4.80. The van der Waals surface area contributed by atoms with Crippen LogP contribution in [0, 0.1) is 0 Å². The molecule has 0 aliphatic rings. The van der Waals surface area contributed by atoms with Crippen LogP contribution >= 0.6 is 0 Å². The van der Waals surface area contributed by atoms with Crippen molar-refractivity contribution in [3.05, 3.63) is 54.3 Å². The standard InChI is InChI=1S/C13H10O3/c14-13(15)8-5-10-3-6-11(7-4-10)12-2-1-9-16-12/h1-9H,(H,14,15). The highest BCUT2D eigenvalue weighted by molar-refractivity contribution is 5.85. The lowest BCUT2D eigenvalue weighted by Gasteiger charge is -1.97. The fraction of sp³-hybridized carbons (Fsp3) is 0. The van der Waals surface area contributed by atoms with E-state index in [-0.39, 0.29) is 0 Å². The topological polar surface area (TPSA) is 50.4 Å². The maximum atomic E-state index is 10.3. The summed E-state index contributed by atoms with van der Waals surface area (Å²) >= 11 is 0. The van der Waals surface area contributed by atoms with Gasteiger partial charge in [-0.3, -0.25) is 0 Å². The molecule has 0 aliphatic carbocycles. The molecule has 1 heterocycles. The molecule has 0 amide bonds. The van der Waals surface area contributed by atoms with Crippen LogP contribution in [-0.4, -0.2) is 11.1 Å². The van der Waals surface area contributed by atoms with Crippen LogP contribution in [0.25, 0.3) is 17.4 Å². The smallest absolute Gasteiger partial charge is 0.328 e. The molecule has 2 aromatic rings. The predicted molar refractivity (Wildman–Crippen MR) is 60.8 cm³/mol. The van der Waals surface area contributed by atoms with E-state index < -0.39 is 5.97 Å². The Hall–Kier alpha value is -2.29. The van der Waals surface area contributed by atoms with Gasteiger partial charge < -0.3 is 9.52 Å². The first kappa shape index (κ1) is 10.2. The van der Waals surface area contributed by atoms with Crippen molar-refractivity contribution in [1.82, 2.24) is 0 Å². The summed E-state index contributed by atoms with van der Waals surface area (Å²) < 4.78 is 5.25. The minimum atomic E-state index is -0.949. The maximum absolute atomic E-state index is 10.3. The highest BCUT2D eigenvalue weighted by Gasteiger charge is 1.98. The van der Waals surface area contributed by atoms with Gasteiger partial charge in [-0.05, 0) is 23.8 Å². The Morgan fingerprint density at radius 1 is 1.19 bits per heavy atom. The van der Waals surface area contributed by atoms with Crippen molar-refractivity contribution in [2.45, 2.75) is 0 Å². The number of rotatable bonds is 3. The molecule has 2 rings (SSSR count). The number of aliphatic carboxylic acids is 1. The molecule has 80 valence electrons. The number of carboxylic acid groups (broad SMARTS) is 1. The Labute approximate surface area is 92.6 Å². The fourth-order valence-electron chi connectivity index (χ4n) is 1.37. The Bertz CT molecular complexity index is 492. The molecule has 1 aromatic carbocycles. The van der Waals surface area contributed by atoms with Crippen LogP contribution in [0.4, 0.5) is 0 Å². The van der Waals surface area contributed by atoms with Crippen LogP contribution in [-0.2, 0) is 4.79 Å². The Morgan fingerprint density at radius 3 is 2.50 bits per heavy atom. The van der Waals surface area contributed by atoms with Crippen molar-refractivity contribution in [2.75, 3.05) is 0 Å². The molecular formula is C13H10O3. The van der Waals surface area contributed by atoms with Crippen molar-refractivity contribution in [1.29, 1.82) is 0 Å². The van der Waals surface area contributed by atoms with E-state index in [1.165, 1.54) is 0 Å². The van der Waals surface area contributed by atoms with Gasteiger partial charge in [0.2, 0.25) is 0 Å². The first-order chi connectivity index (χ1) is 7.75. The number of benzene rings is 1. The molecule has 0 saturated heterocycles. The van der Waals surface area contributed by atoms with Gasteiger partial charge in [0.1, 0.15) is 5.76 Å². The van der Waals surface area contributed by atoms with Crippen molar-refractivity contribution in [2.24, 2.45) is 0 Å². The summed E-state index contributed by atoms with van der Waals surface area (Å²) in [6.45, 7) is 0. The zero-order chi connectivity index (χ0) is 11.4. The van der Waals surface area contributed by atoms with Crippen LogP contribution in [0.3, 0.4) is 0 Å². The van der Waals surface area contributed by atoms with Gasteiger partial charge in [-0.15, -0.1) is 0 Å². The molecule has 1 aromatic heterocycles. The van der Waals surface area contributed by atoms with Crippen LogP contribution < -0.4 is 0 Å². The molecule has 16 heavy (non-hydrogen) atoms. The zero-order valence-electron chi connectivity index (χ0n) is 8.46. The third-order valence-electron chi connectivity index (χ3n) is 2.13. The molecular weight excluding hydrogens is 204 g/mol. The second-order valence-corrected chi connectivity index (χ2v) is 3.27. The predicted octanol–water partition coefficient (Wildman–Crippen LogP) is 3.04. The lowest BCUT2D eigenvalue weighted by atomic mass is 10.1. The monoisotopic (exact) mass is 214 g/mol. The molecule has 0 unspecified atom stereocenters. The number of furan rings is 1. The van der Waals surface area contributed by atoms with Crippen molar-refractivity contribution < 1.29 is 14.3 Å². The van der Waals surface area contributed by atoms with Gasteiger partial charge in [0, 0.05) is 11.6 Å². The Kier molecular flexibility index (Phi) is 2.87. The molecule has 0 bridgehead atoms. The molecule has 1 N–H and O–H groups in total. The highest BCUT2D eigenvalue weighted by Crippen LogP contribution is 2.20. The van der Waals surface area contributed by atoms with E-state index in [4.69, 9.17) is 9.52 Å². The summed E-state index contributed by atoms with van der Waals surface area (Å²) in [6, 6.07) is 11.2. The molecule has 3 nitrogen and oxygen atoms in total. The van der Waals surface area contributed by atoms with Crippen LogP contribution in [0.15, 0.2) is 53.2 Å². The summed E-state index contributed by atoms with van der Waals surface area (Å²) in [7, 11) is 0. The highest BCUT2D eigenvalue weighted by atomic mass is 16.4. The van der Waals surface area contributed by atoms with E-state index in [1.807, 2.05) is 36.4 Å². The molecule has 0 fully saturated rings. The molecule has 0 radical (unpaired) electrons. The van der Waals surface area contributed by atoms with Gasteiger partial charge in [-0.25, -0.2) is 4.79 Å². The van der Waals surface area contributed by atoms with Crippen molar-refractivity contribution in [3.8, 4) is 11.3 Å². The summed E-state index contributed by atoms with van der Waals surface area (Å²) in [5, 5.41) is 8.48. The second kappa shape index (κ2) is 4.49. The van der Waals surface area contributed by atoms with Gasteiger partial charge in [0.05, 0.1) is 6.26 Å². The number of carboxylic acids is 1. The van der Waals surface area contributed by atoms with Crippen LogP contribution in [0.5, 0.6) is 0 Å². The third kappa shape index (κ3) is 2.39. The number of carbonyl (C=O) groups is 1. The molecule has 3 heteroatoms. The zero-order valence-corrected chi connectivity index (χ0v) is 8.46. The lowest BCUT2D eigenvalue weighted by Crippen LogP contribution is -1.85. The van der Waals surface area contributed by atoms with E-state index in [0.29, 0.717) is 0 Å². The quantitative estimate of drug-likeness (QED) is 0.799. The minimum Gasteiger partial charge on any atom is -0.478 e. The largest absolute Gasteiger partial charge is 0.478 e. The molecule has 0 aliphatic heterocycles. The van der Waals surface area contributed by atoms with E-state index in [2.05, 4.69) is 0 Å². The van der Waals surface area contributed by atoms with E-state index in [1.54, 1.807) is 12.3 Å². The minimum absolute atomic E-state index is 0.800. The van der Waals surface area contributed by atoms with Gasteiger partial charge >= 0.3 is 5.97 Å². The first-order valence-electron chi connectivity index (χ1n) is 4.80. The van der Waals surface area contributed by atoms with Crippen molar-refractivity contribution in [3.63, 3.8) is 0 Å². The summed E-state index contributed by atoms with van der Waals surface area (Å²) in [5.41, 5.74) is 1.81. The molecule has 0 spiro atoms. The average molecular weight is 214 g/mol. The summed E-state index contributed by atoms with van der Waals surface area (Å²) in [6.07, 6.45) is 4.28. The SMILES string of the molecule is O=C(O)C=Cc1ccc(-c2ccco2)cc1. The fourth-order valence-corrected chi connectivity index (χ4v) is 1.37. The Balaban J connectivity index is 2.20. The summed E-state index contributed by atoms with van der Waals surface area (Å²) in [5.74, 6) is -0.149. The Morgan fingerprint density at radius 2 is 1.94 bits per heavy atom.